The highest BCUT2D eigenvalue weighted by atomic mass is 35.5. The molecule has 0 fully saturated rings. The van der Waals surface area contributed by atoms with Gasteiger partial charge >= 0.3 is 0 Å². The first-order valence-corrected chi connectivity index (χ1v) is 5.43. The van der Waals surface area contributed by atoms with Gasteiger partial charge in [-0.15, -0.1) is 0 Å². The Kier molecular flexibility index (Phi) is 3.66. The van der Waals surface area contributed by atoms with Crippen molar-refractivity contribution in [2.24, 2.45) is 0 Å². The zero-order chi connectivity index (χ0) is 12.3. The number of aromatic nitrogens is 2. The highest BCUT2D eigenvalue weighted by molar-refractivity contribution is 6.31. The van der Waals surface area contributed by atoms with E-state index in [1.165, 1.54) is 24.5 Å². The molecule has 17 heavy (non-hydrogen) atoms. The summed E-state index contributed by atoms with van der Waals surface area (Å²) in [7, 11) is 0. The van der Waals surface area contributed by atoms with Crippen LogP contribution >= 0.6 is 11.6 Å². The predicted octanol–water partition coefficient (Wildman–Crippen LogP) is 2.55. The molecule has 0 aromatic carbocycles. The maximum absolute atomic E-state index is 13.4. The summed E-state index contributed by atoms with van der Waals surface area (Å²) in [5, 5.41) is 10.3. The fraction of sp³-hybridized carbons (Fsp3) is 0.167. The molecular formula is C12H10ClFN2O. The van der Waals surface area contributed by atoms with Crippen LogP contribution in [0.15, 0.2) is 36.8 Å². The first-order valence-electron chi connectivity index (χ1n) is 5.05. The van der Waals surface area contributed by atoms with Crippen LogP contribution in [0.25, 0.3) is 0 Å². The maximum Gasteiger partial charge on any atom is 0.147 e. The molecule has 0 aliphatic carbocycles. The van der Waals surface area contributed by atoms with E-state index in [1.807, 2.05) is 0 Å². The smallest absolute Gasteiger partial charge is 0.147 e. The van der Waals surface area contributed by atoms with Crippen LogP contribution in [0.3, 0.4) is 0 Å². The van der Waals surface area contributed by atoms with Crippen LogP contribution in [-0.2, 0) is 6.42 Å². The minimum absolute atomic E-state index is 0.0281. The number of halogens is 2. The lowest BCUT2D eigenvalue weighted by Gasteiger charge is -2.11. The minimum atomic E-state index is -1.02. The van der Waals surface area contributed by atoms with E-state index in [9.17, 15) is 9.50 Å². The highest BCUT2D eigenvalue weighted by Gasteiger charge is 2.15. The second-order valence-electron chi connectivity index (χ2n) is 3.56. The Morgan fingerprint density at radius 2 is 2.18 bits per heavy atom. The zero-order valence-corrected chi connectivity index (χ0v) is 9.60. The monoisotopic (exact) mass is 252 g/mol. The molecule has 2 aromatic rings. The number of aliphatic hydroxyl groups is 1. The van der Waals surface area contributed by atoms with Crippen molar-refractivity contribution in [3.63, 3.8) is 0 Å². The number of hydrogen-bond donors (Lipinski definition) is 1. The lowest BCUT2D eigenvalue weighted by atomic mass is 10.1. The minimum Gasteiger partial charge on any atom is -0.386 e. The molecule has 0 radical (unpaired) electrons. The fourth-order valence-electron chi connectivity index (χ4n) is 1.52. The molecule has 0 amide bonds. The van der Waals surface area contributed by atoms with Gasteiger partial charge in [0.25, 0.3) is 0 Å². The molecule has 2 heterocycles. The molecule has 1 N–H and O–H groups in total. The first kappa shape index (κ1) is 12.0. The van der Waals surface area contributed by atoms with E-state index in [-0.39, 0.29) is 12.1 Å². The molecule has 88 valence electrons. The largest absolute Gasteiger partial charge is 0.386 e. The molecule has 0 aliphatic heterocycles. The summed E-state index contributed by atoms with van der Waals surface area (Å²) in [6.45, 7) is 0. The summed E-state index contributed by atoms with van der Waals surface area (Å²) >= 11 is 5.91. The fourth-order valence-corrected chi connectivity index (χ4v) is 1.71. The Bertz CT molecular complexity index is 521. The Hall–Kier alpha value is -1.52. The summed E-state index contributed by atoms with van der Waals surface area (Å²) < 4.78 is 13.4. The van der Waals surface area contributed by atoms with Gasteiger partial charge in [-0.25, -0.2) is 4.39 Å². The van der Waals surface area contributed by atoms with Crippen molar-refractivity contribution in [2.45, 2.75) is 12.5 Å². The van der Waals surface area contributed by atoms with Crippen LogP contribution in [0.5, 0.6) is 0 Å². The molecular weight excluding hydrogens is 243 g/mol. The molecule has 0 saturated heterocycles. The number of pyridine rings is 2. The van der Waals surface area contributed by atoms with E-state index in [0.29, 0.717) is 10.6 Å². The Labute approximate surface area is 103 Å². The van der Waals surface area contributed by atoms with Gasteiger partial charge in [-0.05, 0) is 23.8 Å². The molecule has 0 bridgehead atoms. The summed E-state index contributed by atoms with van der Waals surface area (Å²) in [6, 6.07) is 4.43. The molecule has 2 rings (SSSR count). The molecule has 1 unspecified atom stereocenters. The second kappa shape index (κ2) is 5.21. The number of aliphatic hydroxyl groups excluding tert-OH is 1. The third-order valence-corrected chi connectivity index (χ3v) is 2.71. The van der Waals surface area contributed by atoms with E-state index in [0.717, 1.165) is 0 Å². The van der Waals surface area contributed by atoms with Crippen molar-refractivity contribution in [2.75, 3.05) is 0 Å². The average Bonchev–Trinajstić information content (AvgIpc) is 2.32. The van der Waals surface area contributed by atoms with Gasteiger partial charge in [-0.3, -0.25) is 9.97 Å². The third-order valence-electron chi connectivity index (χ3n) is 2.37. The number of rotatable bonds is 3. The molecule has 3 nitrogen and oxygen atoms in total. The van der Waals surface area contributed by atoms with Crippen LogP contribution < -0.4 is 0 Å². The van der Waals surface area contributed by atoms with Gasteiger partial charge in [0.1, 0.15) is 17.6 Å². The van der Waals surface area contributed by atoms with Crippen molar-refractivity contribution < 1.29 is 9.50 Å². The van der Waals surface area contributed by atoms with Gasteiger partial charge in [0.15, 0.2) is 0 Å². The number of nitrogens with zero attached hydrogens (tertiary/aromatic N) is 2. The topological polar surface area (TPSA) is 46.0 Å². The van der Waals surface area contributed by atoms with Gasteiger partial charge in [0.05, 0.1) is 5.02 Å². The van der Waals surface area contributed by atoms with Crippen molar-refractivity contribution >= 4 is 11.6 Å². The number of hydrogen-bond acceptors (Lipinski definition) is 3. The predicted molar refractivity (Wildman–Crippen MR) is 62.1 cm³/mol. The molecule has 0 saturated carbocycles. The summed E-state index contributed by atoms with van der Waals surface area (Å²) in [4.78, 5) is 7.66. The molecule has 2 aromatic heterocycles. The van der Waals surface area contributed by atoms with Gasteiger partial charge in [0, 0.05) is 25.0 Å². The molecule has 0 spiro atoms. The van der Waals surface area contributed by atoms with E-state index < -0.39 is 11.9 Å². The van der Waals surface area contributed by atoms with Gasteiger partial charge in [-0.2, -0.15) is 0 Å². The van der Waals surface area contributed by atoms with Gasteiger partial charge in [-0.1, -0.05) is 11.6 Å². The Morgan fingerprint density at radius 3 is 2.88 bits per heavy atom. The zero-order valence-electron chi connectivity index (χ0n) is 8.85. The van der Waals surface area contributed by atoms with Crippen LogP contribution in [0.4, 0.5) is 4.39 Å². The first-order chi connectivity index (χ1) is 8.18. The average molecular weight is 253 g/mol. The third kappa shape index (κ3) is 2.78. The Balaban J connectivity index is 2.20. The van der Waals surface area contributed by atoms with Crippen LogP contribution in [-0.4, -0.2) is 15.1 Å². The van der Waals surface area contributed by atoms with E-state index in [2.05, 4.69) is 9.97 Å². The Morgan fingerprint density at radius 1 is 1.35 bits per heavy atom. The highest BCUT2D eigenvalue weighted by Crippen LogP contribution is 2.22. The standard InChI is InChI=1S/C12H10ClFN2O/c13-9-7-15-5-3-8(9)6-11(17)12-10(14)2-1-4-16-12/h1-5,7,11,17H,6H2. The lowest BCUT2D eigenvalue weighted by molar-refractivity contribution is 0.168. The van der Waals surface area contributed by atoms with Crippen LogP contribution in [0, 0.1) is 5.82 Å². The van der Waals surface area contributed by atoms with Gasteiger partial charge in [0.2, 0.25) is 0 Å². The normalized spacial score (nSPS) is 12.4. The molecule has 1 atom stereocenters. The van der Waals surface area contributed by atoms with Gasteiger partial charge < -0.3 is 5.11 Å². The van der Waals surface area contributed by atoms with Crippen molar-refractivity contribution in [3.8, 4) is 0 Å². The maximum atomic E-state index is 13.4. The molecule has 5 heteroatoms. The summed E-state index contributed by atoms with van der Waals surface area (Å²) in [5.74, 6) is -0.523. The van der Waals surface area contributed by atoms with E-state index in [4.69, 9.17) is 11.6 Å². The van der Waals surface area contributed by atoms with Crippen LogP contribution in [0.1, 0.15) is 17.4 Å². The quantitative estimate of drug-likeness (QED) is 0.913. The van der Waals surface area contributed by atoms with Crippen molar-refractivity contribution in [1.29, 1.82) is 0 Å². The lowest BCUT2D eigenvalue weighted by Crippen LogP contribution is -2.07. The SMILES string of the molecule is OC(Cc1ccncc1Cl)c1ncccc1F. The van der Waals surface area contributed by atoms with Crippen molar-refractivity contribution in [1.82, 2.24) is 9.97 Å². The summed E-state index contributed by atoms with van der Waals surface area (Å²) in [5.41, 5.74) is 0.736. The molecule has 0 aliphatic rings. The van der Waals surface area contributed by atoms with Crippen LogP contribution in [0.2, 0.25) is 5.02 Å². The summed E-state index contributed by atoms with van der Waals surface area (Å²) in [6.07, 6.45) is 3.68. The van der Waals surface area contributed by atoms with Crippen molar-refractivity contribution in [3.05, 3.63) is 58.9 Å². The second-order valence-corrected chi connectivity index (χ2v) is 3.96. The van der Waals surface area contributed by atoms with E-state index >= 15 is 0 Å². The van der Waals surface area contributed by atoms with E-state index in [1.54, 1.807) is 12.3 Å².